The van der Waals surface area contributed by atoms with E-state index in [-0.39, 0.29) is 23.8 Å². The minimum atomic E-state index is -0.106. The van der Waals surface area contributed by atoms with Crippen LogP contribution in [0, 0.1) is 11.8 Å². The fourth-order valence-electron chi connectivity index (χ4n) is 3.88. The summed E-state index contributed by atoms with van der Waals surface area (Å²) in [6.07, 6.45) is 17.3. The molecule has 1 saturated carbocycles. The first-order valence-electron chi connectivity index (χ1n) is 11.5. The molecule has 1 fully saturated rings. The quantitative estimate of drug-likeness (QED) is 0.249. The summed E-state index contributed by atoms with van der Waals surface area (Å²) in [6, 6.07) is 0. The molecule has 0 saturated heterocycles. The maximum absolute atomic E-state index is 12.1. The highest BCUT2D eigenvalue weighted by molar-refractivity contribution is 5.75. The number of rotatable bonds is 15. The topological polar surface area (TPSA) is 52.6 Å². The molecule has 0 amide bonds. The molecule has 4 heteroatoms. The van der Waals surface area contributed by atoms with Gasteiger partial charge in [0.15, 0.2) is 0 Å². The van der Waals surface area contributed by atoms with E-state index in [2.05, 4.69) is 6.92 Å². The van der Waals surface area contributed by atoms with E-state index in [1.165, 1.54) is 57.8 Å². The predicted molar refractivity (Wildman–Crippen MR) is 110 cm³/mol. The summed E-state index contributed by atoms with van der Waals surface area (Å²) in [7, 11) is 0. The fraction of sp³-hybridized carbons (Fsp3) is 0.913. The molecule has 158 valence electrons. The molecular weight excluding hydrogens is 340 g/mol. The first kappa shape index (κ1) is 24.0. The molecule has 0 unspecified atom stereocenters. The molecule has 0 atom stereocenters. The van der Waals surface area contributed by atoms with E-state index < -0.39 is 0 Å². The molecule has 0 N–H and O–H groups in total. The summed E-state index contributed by atoms with van der Waals surface area (Å²) >= 11 is 0. The van der Waals surface area contributed by atoms with E-state index in [0.29, 0.717) is 13.2 Å². The Kier molecular flexibility index (Phi) is 14.2. The molecule has 0 aromatic rings. The van der Waals surface area contributed by atoms with E-state index in [1.807, 2.05) is 6.92 Å². The van der Waals surface area contributed by atoms with E-state index in [1.54, 1.807) is 0 Å². The standard InChI is InChI=1S/C23H42O4/c1-3-5-6-7-8-9-10-11-12-13-14-19-27-23(25)21-17-15-20(16-18-21)22(24)26-4-2/h20-21H,3-19H2,1-2H3. The SMILES string of the molecule is CCCCCCCCCCCCCOC(=O)C1CCC(C(=O)OCC)CC1. The van der Waals surface area contributed by atoms with Gasteiger partial charge in [-0.05, 0) is 39.0 Å². The summed E-state index contributed by atoms with van der Waals surface area (Å²) in [5.41, 5.74) is 0. The molecule has 0 aromatic carbocycles. The number of hydrogen-bond donors (Lipinski definition) is 0. The molecule has 0 bridgehead atoms. The summed E-state index contributed by atoms with van der Waals surface area (Å²) < 4.78 is 10.5. The van der Waals surface area contributed by atoms with Crippen molar-refractivity contribution in [3.8, 4) is 0 Å². The van der Waals surface area contributed by atoms with Gasteiger partial charge < -0.3 is 9.47 Å². The van der Waals surface area contributed by atoms with Gasteiger partial charge in [-0.1, -0.05) is 71.1 Å². The molecule has 0 spiro atoms. The maximum Gasteiger partial charge on any atom is 0.308 e. The number of carbonyl (C=O) groups excluding carboxylic acids is 2. The molecule has 1 aliphatic rings. The van der Waals surface area contributed by atoms with E-state index in [0.717, 1.165) is 38.5 Å². The van der Waals surface area contributed by atoms with Crippen LogP contribution in [-0.2, 0) is 19.1 Å². The lowest BCUT2D eigenvalue weighted by Gasteiger charge is -2.25. The van der Waals surface area contributed by atoms with Crippen LogP contribution in [0.5, 0.6) is 0 Å². The van der Waals surface area contributed by atoms with Gasteiger partial charge in [-0.3, -0.25) is 9.59 Å². The molecule has 4 nitrogen and oxygen atoms in total. The Morgan fingerprint density at radius 1 is 0.630 bits per heavy atom. The highest BCUT2D eigenvalue weighted by Crippen LogP contribution is 2.30. The number of ether oxygens (including phenoxy) is 2. The predicted octanol–water partition coefficient (Wildman–Crippen LogP) is 6.21. The van der Waals surface area contributed by atoms with E-state index >= 15 is 0 Å². The molecule has 0 aromatic heterocycles. The molecule has 1 aliphatic carbocycles. The van der Waals surface area contributed by atoms with Gasteiger partial charge in [-0.25, -0.2) is 0 Å². The highest BCUT2D eigenvalue weighted by atomic mass is 16.5. The third kappa shape index (κ3) is 11.4. The normalized spacial score (nSPS) is 19.6. The van der Waals surface area contributed by atoms with Crippen LogP contribution >= 0.6 is 0 Å². The summed E-state index contributed by atoms with van der Waals surface area (Å²) in [5.74, 6) is -0.223. The minimum absolute atomic E-state index is 0.0246. The number of esters is 2. The largest absolute Gasteiger partial charge is 0.466 e. The van der Waals surface area contributed by atoms with E-state index in [4.69, 9.17) is 9.47 Å². The van der Waals surface area contributed by atoms with Crippen molar-refractivity contribution in [3.05, 3.63) is 0 Å². The first-order valence-corrected chi connectivity index (χ1v) is 11.5. The van der Waals surface area contributed by atoms with Crippen LogP contribution in [-0.4, -0.2) is 25.2 Å². The van der Waals surface area contributed by atoms with E-state index in [9.17, 15) is 9.59 Å². The van der Waals surface area contributed by atoms with Gasteiger partial charge in [-0.2, -0.15) is 0 Å². The van der Waals surface area contributed by atoms with Crippen molar-refractivity contribution in [3.63, 3.8) is 0 Å². The fourth-order valence-corrected chi connectivity index (χ4v) is 3.88. The van der Waals surface area contributed by atoms with Crippen LogP contribution in [0.15, 0.2) is 0 Å². The van der Waals surface area contributed by atoms with Crippen LogP contribution in [0.3, 0.4) is 0 Å². The smallest absolute Gasteiger partial charge is 0.308 e. The molecular formula is C23H42O4. The molecule has 0 aliphatic heterocycles. The third-order valence-corrected chi connectivity index (χ3v) is 5.67. The molecule has 0 radical (unpaired) electrons. The molecule has 1 rings (SSSR count). The Labute approximate surface area is 166 Å². The Morgan fingerprint density at radius 3 is 1.48 bits per heavy atom. The van der Waals surface area contributed by atoms with Crippen molar-refractivity contribution in [2.75, 3.05) is 13.2 Å². The average Bonchev–Trinajstić information content (AvgIpc) is 2.69. The monoisotopic (exact) mass is 382 g/mol. The summed E-state index contributed by atoms with van der Waals surface area (Å²) in [6.45, 7) is 5.07. The maximum atomic E-state index is 12.1. The summed E-state index contributed by atoms with van der Waals surface area (Å²) in [5, 5.41) is 0. The van der Waals surface area contributed by atoms with Gasteiger partial charge >= 0.3 is 11.9 Å². The van der Waals surface area contributed by atoms with Crippen LogP contribution in [0.1, 0.15) is 110 Å². The zero-order valence-electron chi connectivity index (χ0n) is 17.8. The summed E-state index contributed by atoms with van der Waals surface area (Å²) in [4.78, 5) is 23.9. The van der Waals surface area contributed by atoms with Gasteiger partial charge in [-0.15, -0.1) is 0 Å². The van der Waals surface area contributed by atoms with Gasteiger partial charge in [0, 0.05) is 0 Å². The first-order chi connectivity index (χ1) is 13.2. The van der Waals surface area contributed by atoms with Gasteiger partial charge in [0.05, 0.1) is 25.0 Å². The Morgan fingerprint density at radius 2 is 1.04 bits per heavy atom. The Hall–Kier alpha value is -1.06. The Bertz CT molecular complexity index is 386. The van der Waals surface area contributed by atoms with Crippen LogP contribution in [0.25, 0.3) is 0 Å². The van der Waals surface area contributed by atoms with Crippen molar-refractivity contribution in [1.29, 1.82) is 0 Å². The average molecular weight is 383 g/mol. The van der Waals surface area contributed by atoms with Gasteiger partial charge in [0.1, 0.15) is 0 Å². The second-order valence-electron chi connectivity index (χ2n) is 8.00. The lowest BCUT2D eigenvalue weighted by molar-refractivity contribution is -0.155. The van der Waals surface area contributed by atoms with Crippen LogP contribution in [0.2, 0.25) is 0 Å². The third-order valence-electron chi connectivity index (χ3n) is 5.67. The van der Waals surface area contributed by atoms with Crippen molar-refractivity contribution < 1.29 is 19.1 Å². The molecule has 0 heterocycles. The van der Waals surface area contributed by atoms with Crippen LogP contribution < -0.4 is 0 Å². The second kappa shape index (κ2) is 15.9. The molecule has 27 heavy (non-hydrogen) atoms. The van der Waals surface area contributed by atoms with Crippen molar-refractivity contribution in [2.45, 2.75) is 110 Å². The van der Waals surface area contributed by atoms with Crippen molar-refractivity contribution in [1.82, 2.24) is 0 Å². The van der Waals surface area contributed by atoms with Crippen molar-refractivity contribution in [2.24, 2.45) is 11.8 Å². The zero-order chi connectivity index (χ0) is 19.7. The number of hydrogen-bond acceptors (Lipinski definition) is 4. The van der Waals surface area contributed by atoms with Gasteiger partial charge in [0.2, 0.25) is 0 Å². The van der Waals surface area contributed by atoms with Gasteiger partial charge in [0.25, 0.3) is 0 Å². The highest BCUT2D eigenvalue weighted by Gasteiger charge is 2.31. The second-order valence-corrected chi connectivity index (χ2v) is 8.00. The lowest BCUT2D eigenvalue weighted by atomic mass is 9.82. The number of carbonyl (C=O) groups is 2. The Balaban J connectivity index is 1.92. The number of unbranched alkanes of at least 4 members (excludes halogenated alkanes) is 10. The lowest BCUT2D eigenvalue weighted by Crippen LogP contribution is -2.28. The van der Waals surface area contributed by atoms with Crippen LogP contribution in [0.4, 0.5) is 0 Å². The van der Waals surface area contributed by atoms with Crippen molar-refractivity contribution >= 4 is 11.9 Å². The zero-order valence-corrected chi connectivity index (χ0v) is 17.8. The minimum Gasteiger partial charge on any atom is -0.466 e.